The first-order chi connectivity index (χ1) is 12.2. The van der Waals surface area contributed by atoms with Gasteiger partial charge in [0.05, 0.1) is 0 Å². The lowest BCUT2D eigenvalue weighted by Gasteiger charge is -2.19. The van der Waals surface area contributed by atoms with E-state index in [0.29, 0.717) is 0 Å². The minimum atomic E-state index is 1.03. The molecule has 2 heteroatoms. The normalized spacial score (nSPS) is 14.0. The fraction of sp³-hybridized carbons (Fsp3) is 0.217. The van der Waals surface area contributed by atoms with Crippen molar-refractivity contribution in [3.05, 3.63) is 69.6 Å². The Morgan fingerprint density at radius 1 is 1.16 bits per heavy atom. The SMILES string of the molecule is C=Cc1sc(C2=C(C)c3[nH]c4ccccc4c3CC2)c(CC)c1C=C. The number of nitrogens with one attached hydrogen (secondary N) is 1. The summed E-state index contributed by atoms with van der Waals surface area (Å²) >= 11 is 1.87. The van der Waals surface area contributed by atoms with Crippen LogP contribution in [-0.4, -0.2) is 4.98 Å². The molecule has 1 nitrogen and oxygen atoms in total. The van der Waals surface area contributed by atoms with Crippen LogP contribution >= 0.6 is 11.3 Å². The zero-order chi connectivity index (χ0) is 17.6. The predicted octanol–water partition coefficient (Wildman–Crippen LogP) is 6.95. The number of thiophene rings is 1. The first-order valence-corrected chi connectivity index (χ1v) is 9.71. The minimum Gasteiger partial charge on any atom is -0.355 e. The van der Waals surface area contributed by atoms with Gasteiger partial charge in [0.25, 0.3) is 0 Å². The second kappa shape index (κ2) is 6.20. The van der Waals surface area contributed by atoms with Gasteiger partial charge in [-0.1, -0.05) is 50.4 Å². The van der Waals surface area contributed by atoms with E-state index in [0.717, 1.165) is 19.3 Å². The van der Waals surface area contributed by atoms with Gasteiger partial charge in [-0.05, 0) is 60.1 Å². The van der Waals surface area contributed by atoms with Gasteiger partial charge in [-0.25, -0.2) is 0 Å². The molecule has 0 radical (unpaired) electrons. The summed E-state index contributed by atoms with van der Waals surface area (Å²) in [5, 5.41) is 1.37. The molecule has 25 heavy (non-hydrogen) atoms. The average Bonchev–Trinajstić information content (AvgIpc) is 3.20. The van der Waals surface area contributed by atoms with Crippen molar-refractivity contribution in [2.24, 2.45) is 0 Å². The van der Waals surface area contributed by atoms with Crippen molar-refractivity contribution in [3.63, 3.8) is 0 Å². The van der Waals surface area contributed by atoms with Gasteiger partial charge in [0.15, 0.2) is 0 Å². The van der Waals surface area contributed by atoms with Gasteiger partial charge < -0.3 is 4.98 Å². The number of aromatic nitrogens is 1. The van der Waals surface area contributed by atoms with Crippen LogP contribution < -0.4 is 0 Å². The van der Waals surface area contributed by atoms with E-state index in [1.807, 2.05) is 23.5 Å². The highest BCUT2D eigenvalue weighted by molar-refractivity contribution is 7.14. The molecule has 2 heterocycles. The Morgan fingerprint density at radius 3 is 2.68 bits per heavy atom. The lowest BCUT2D eigenvalue weighted by molar-refractivity contribution is 0.994. The van der Waals surface area contributed by atoms with Gasteiger partial charge in [-0.2, -0.15) is 0 Å². The number of rotatable bonds is 4. The third-order valence-electron chi connectivity index (χ3n) is 5.36. The number of hydrogen-bond acceptors (Lipinski definition) is 1. The van der Waals surface area contributed by atoms with E-state index < -0.39 is 0 Å². The lowest BCUT2D eigenvalue weighted by atomic mass is 9.87. The largest absolute Gasteiger partial charge is 0.355 e. The molecular weight excluding hydrogens is 322 g/mol. The Bertz CT molecular complexity index is 1030. The summed E-state index contributed by atoms with van der Waals surface area (Å²) < 4.78 is 0. The van der Waals surface area contributed by atoms with E-state index in [2.05, 4.69) is 56.3 Å². The van der Waals surface area contributed by atoms with Crippen molar-refractivity contribution in [1.29, 1.82) is 0 Å². The average molecular weight is 346 g/mol. The number of aryl methyl sites for hydroxylation is 1. The van der Waals surface area contributed by atoms with E-state index in [9.17, 15) is 0 Å². The van der Waals surface area contributed by atoms with Gasteiger partial charge in [-0.3, -0.25) is 0 Å². The third kappa shape index (κ3) is 2.36. The quantitative estimate of drug-likeness (QED) is 0.526. The molecule has 0 spiro atoms. The fourth-order valence-corrected chi connectivity index (χ4v) is 5.50. The van der Waals surface area contributed by atoms with Crippen LogP contribution in [-0.2, 0) is 12.8 Å². The smallest absolute Gasteiger partial charge is 0.0461 e. The number of benzene rings is 1. The van der Waals surface area contributed by atoms with E-state index in [1.165, 1.54) is 54.2 Å². The molecule has 0 unspecified atom stereocenters. The molecule has 1 N–H and O–H groups in total. The van der Waals surface area contributed by atoms with Crippen LogP contribution in [0, 0.1) is 0 Å². The molecule has 3 aromatic rings. The molecule has 126 valence electrons. The van der Waals surface area contributed by atoms with Crippen molar-refractivity contribution in [1.82, 2.24) is 4.98 Å². The van der Waals surface area contributed by atoms with Gasteiger partial charge in [0.1, 0.15) is 0 Å². The van der Waals surface area contributed by atoms with Crippen molar-refractivity contribution in [2.45, 2.75) is 33.1 Å². The van der Waals surface area contributed by atoms with E-state index >= 15 is 0 Å². The van der Waals surface area contributed by atoms with Crippen LogP contribution in [0.2, 0.25) is 0 Å². The molecule has 0 atom stereocenters. The fourth-order valence-electron chi connectivity index (χ4n) is 4.12. The number of fused-ring (bicyclic) bond motifs is 3. The van der Waals surface area contributed by atoms with Gasteiger partial charge >= 0.3 is 0 Å². The first-order valence-electron chi connectivity index (χ1n) is 8.90. The summed E-state index contributed by atoms with van der Waals surface area (Å²) in [6.07, 6.45) is 7.18. The maximum absolute atomic E-state index is 4.03. The topological polar surface area (TPSA) is 15.8 Å². The zero-order valence-corrected chi connectivity index (χ0v) is 15.7. The third-order valence-corrected chi connectivity index (χ3v) is 6.66. The van der Waals surface area contributed by atoms with Crippen molar-refractivity contribution >= 4 is 45.5 Å². The van der Waals surface area contributed by atoms with Crippen molar-refractivity contribution in [2.75, 3.05) is 0 Å². The molecule has 0 fully saturated rings. The Kier molecular flexibility index (Phi) is 4.01. The maximum Gasteiger partial charge on any atom is 0.0461 e. The van der Waals surface area contributed by atoms with Crippen molar-refractivity contribution in [3.8, 4) is 0 Å². The molecule has 0 saturated carbocycles. The lowest BCUT2D eigenvalue weighted by Crippen LogP contribution is -2.02. The molecule has 1 aliphatic carbocycles. The van der Waals surface area contributed by atoms with Crippen LogP contribution in [0.25, 0.3) is 34.2 Å². The molecule has 4 rings (SSSR count). The summed E-state index contributed by atoms with van der Waals surface area (Å²) in [6, 6.07) is 8.64. The second-order valence-corrected chi connectivity index (χ2v) is 7.63. The Balaban J connectivity index is 1.95. The molecule has 0 bridgehead atoms. The Morgan fingerprint density at radius 2 is 1.96 bits per heavy atom. The maximum atomic E-state index is 4.03. The highest BCUT2D eigenvalue weighted by atomic mass is 32.1. The summed E-state index contributed by atoms with van der Waals surface area (Å²) in [5.41, 5.74) is 9.59. The van der Waals surface area contributed by atoms with Gasteiger partial charge in [-0.15, -0.1) is 11.3 Å². The van der Waals surface area contributed by atoms with Gasteiger partial charge in [0, 0.05) is 26.4 Å². The molecule has 0 aliphatic heterocycles. The van der Waals surface area contributed by atoms with Crippen LogP contribution in [0.15, 0.2) is 37.4 Å². The molecule has 0 amide bonds. The highest BCUT2D eigenvalue weighted by Crippen LogP contribution is 2.44. The summed E-state index contributed by atoms with van der Waals surface area (Å²) in [6.45, 7) is 12.5. The summed E-state index contributed by atoms with van der Waals surface area (Å²) in [5.74, 6) is 0. The van der Waals surface area contributed by atoms with E-state index in [4.69, 9.17) is 0 Å². The standard InChI is InChI=1S/C23H23NS/c1-5-15-16(6-2)23(25-21(15)7-3)17-12-13-19-18-10-8-9-11-20(18)24-22(19)14(17)4/h5,7-11,24H,1,3,6,12-13H2,2,4H3. The van der Waals surface area contributed by atoms with Crippen LogP contribution in [0.3, 0.4) is 0 Å². The van der Waals surface area contributed by atoms with E-state index in [-0.39, 0.29) is 0 Å². The number of aromatic amines is 1. The van der Waals surface area contributed by atoms with E-state index in [1.54, 1.807) is 0 Å². The molecule has 0 saturated heterocycles. The molecular formula is C23H23NS. The number of hydrogen-bond donors (Lipinski definition) is 1. The molecule has 1 aliphatic rings. The summed E-state index contributed by atoms with van der Waals surface area (Å²) in [4.78, 5) is 6.32. The molecule has 1 aromatic carbocycles. The minimum absolute atomic E-state index is 1.03. The highest BCUT2D eigenvalue weighted by Gasteiger charge is 2.24. The van der Waals surface area contributed by atoms with Crippen LogP contribution in [0.4, 0.5) is 0 Å². The number of H-pyrrole nitrogens is 1. The zero-order valence-electron chi connectivity index (χ0n) is 14.9. The van der Waals surface area contributed by atoms with Crippen molar-refractivity contribution < 1.29 is 0 Å². The Hall–Kier alpha value is -2.32. The van der Waals surface area contributed by atoms with Crippen LogP contribution in [0.1, 0.15) is 52.4 Å². The van der Waals surface area contributed by atoms with Gasteiger partial charge in [0.2, 0.25) is 0 Å². The number of allylic oxidation sites excluding steroid dienone is 2. The number of para-hydroxylation sites is 1. The summed E-state index contributed by atoms with van der Waals surface area (Å²) in [7, 11) is 0. The monoisotopic (exact) mass is 345 g/mol. The van der Waals surface area contributed by atoms with Crippen LogP contribution in [0.5, 0.6) is 0 Å². The Labute approximate surface area is 153 Å². The predicted molar refractivity (Wildman–Crippen MR) is 113 cm³/mol. The second-order valence-electron chi connectivity index (χ2n) is 6.58. The molecule has 2 aromatic heterocycles. The first kappa shape index (κ1) is 16.2.